The molecule has 0 N–H and O–H groups in total. The lowest BCUT2D eigenvalue weighted by atomic mass is 10.3. The highest BCUT2D eigenvalue weighted by molar-refractivity contribution is 7.86. The van der Waals surface area contributed by atoms with Crippen LogP contribution in [-0.2, 0) is 14.3 Å². The van der Waals surface area contributed by atoms with Gasteiger partial charge in [0.2, 0.25) is 0 Å². The lowest BCUT2D eigenvalue weighted by Gasteiger charge is -2.06. The number of para-hydroxylation sites is 1. The van der Waals surface area contributed by atoms with Crippen LogP contribution >= 0.6 is 0 Å². The quantitative estimate of drug-likeness (QED) is 0.542. The summed E-state index contributed by atoms with van der Waals surface area (Å²) in [6.45, 7) is 2.17. The van der Waals surface area contributed by atoms with Crippen LogP contribution in [0.15, 0.2) is 30.3 Å². The fraction of sp³-hybridized carbons (Fsp3) is 0.455. The second-order valence-corrected chi connectivity index (χ2v) is 5.11. The second kappa shape index (κ2) is 6.50. The van der Waals surface area contributed by atoms with Gasteiger partial charge in [0, 0.05) is 6.42 Å². The van der Waals surface area contributed by atoms with E-state index >= 15 is 0 Å². The van der Waals surface area contributed by atoms with Crippen LogP contribution in [0.1, 0.15) is 13.3 Å². The molecule has 0 heterocycles. The van der Waals surface area contributed by atoms with Crippen LogP contribution in [-0.4, -0.2) is 27.4 Å². The Bertz CT molecular complexity index is 386. The van der Waals surface area contributed by atoms with Crippen molar-refractivity contribution < 1.29 is 17.3 Å². The van der Waals surface area contributed by atoms with E-state index in [1.54, 1.807) is 6.92 Å². The Balaban J connectivity index is 2.14. The SMILES string of the molecule is CCS(=O)(=O)OCCCOc1ccccc1. The molecule has 0 saturated heterocycles. The summed E-state index contributed by atoms with van der Waals surface area (Å²) in [5, 5.41) is 0. The summed E-state index contributed by atoms with van der Waals surface area (Å²) in [4.78, 5) is 0. The molecule has 16 heavy (non-hydrogen) atoms. The van der Waals surface area contributed by atoms with Gasteiger partial charge >= 0.3 is 0 Å². The van der Waals surface area contributed by atoms with E-state index in [2.05, 4.69) is 0 Å². The minimum absolute atomic E-state index is 0.00649. The number of hydrogen-bond donors (Lipinski definition) is 0. The molecule has 1 aromatic rings. The topological polar surface area (TPSA) is 52.6 Å². The lowest BCUT2D eigenvalue weighted by Crippen LogP contribution is -2.11. The Morgan fingerprint density at radius 1 is 1.12 bits per heavy atom. The Morgan fingerprint density at radius 3 is 2.44 bits per heavy atom. The van der Waals surface area contributed by atoms with Gasteiger partial charge in [0.15, 0.2) is 0 Å². The van der Waals surface area contributed by atoms with Crippen LogP contribution in [0, 0.1) is 0 Å². The Morgan fingerprint density at radius 2 is 1.81 bits per heavy atom. The largest absolute Gasteiger partial charge is 0.494 e. The van der Waals surface area contributed by atoms with Gasteiger partial charge in [0.05, 0.1) is 19.0 Å². The van der Waals surface area contributed by atoms with Crippen molar-refractivity contribution in [3.63, 3.8) is 0 Å². The van der Waals surface area contributed by atoms with E-state index in [0.29, 0.717) is 13.0 Å². The van der Waals surface area contributed by atoms with E-state index in [0.717, 1.165) is 5.75 Å². The van der Waals surface area contributed by atoms with Crippen LogP contribution in [0.4, 0.5) is 0 Å². The van der Waals surface area contributed by atoms with Gasteiger partial charge in [-0.3, -0.25) is 4.18 Å². The highest BCUT2D eigenvalue weighted by atomic mass is 32.2. The first kappa shape index (κ1) is 13.0. The maximum Gasteiger partial charge on any atom is 0.267 e. The average Bonchev–Trinajstić information content (AvgIpc) is 2.30. The molecule has 1 rings (SSSR count). The van der Waals surface area contributed by atoms with Gasteiger partial charge < -0.3 is 4.74 Å². The highest BCUT2D eigenvalue weighted by Gasteiger charge is 2.06. The molecular weight excluding hydrogens is 228 g/mol. The average molecular weight is 244 g/mol. The first-order valence-corrected chi connectivity index (χ1v) is 6.77. The summed E-state index contributed by atoms with van der Waals surface area (Å²) in [6, 6.07) is 9.37. The van der Waals surface area contributed by atoms with Crippen LogP contribution < -0.4 is 4.74 Å². The number of hydrogen-bond acceptors (Lipinski definition) is 4. The van der Waals surface area contributed by atoms with Crippen LogP contribution in [0.5, 0.6) is 5.75 Å². The zero-order valence-electron chi connectivity index (χ0n) is 9.26. The monoisotopic (exact) mass is 244 g/mol. The summed E-state index contributed by atoms with van der Waals surface area (Å²) < 4.78 is 32.0. The van der Waals surface area contributed by atoms with Crippen molar-refractivity contribution in [1.29, 1.82) is 0 Å². The third kappa shape index (κ3) is 5.14. The molecule has 0 saturated carbocycles. The molecule has 0 radical (unpaired) electrons. The maximum absolute atomic E-state index is 11.0. The summed E-state index contributed by atoms with van der Waals surface area (Å²) >= 11 is 0. The van der Waals surface area contributed by atoms with E-state index < -0.39 is 10.1 Å². The van der Waals surface area contributed by atoms with Crippen molar-refractivity contribution in [1.82, 2.24) is 0 Å². The minimum Gasteiger partial charge on any atom is -0.494 e. The molecule has 0 aliphatic heterocycles. The first-order chi connectivity index (χ1) is 7.64. The zero-order valence-corrected chi connectivity index (χ0v) is 10.1. The molecule has 0 aliphatic rings. The number of rotatable bonds is 7. The molecule has 0 aliphatic carbocycles. The van der Waals surface area contributed by atoms with Crippen LogP contribution in [0.25, 0.3) is 0 Å². The van der Waals surface area contributed by atoms with E-state index in [9.17, 15) is 8.42 Å². The van der Waals surface area contributed by atoms with E-state index in [1.807, 2.05) is 30.3 Å². The van der Waals surface area contributed by atoms with Crippen molar-refractivity contribution in [2.45, 2.75) is 13.3 Å². The van der Waals surface area contributed by atoms with E-state index in [-0.39, 0.29) is 12.4 Å². The van der Waals surface area contributed by atoms with Crippen LogP contribution in [0.2, 0.25) is 0 Å². The van der Waals surface area contributed by atoms with Crippen LogP contribution in [0.3, 0.4) is 0 Å². The fourth-order valence-corrected chi connectivity index (χ4v) is 1.57. The van der Waals surface area contributed by atoms with Gasteiger partial charge in [-0.1, -0.05) is 18.2 Å². The zero-order chi connectivity index (χ0) is 11.9. The Kier molecular flexibility index (Phi) is 5.28. The molecule has 5 heteroatoms. The smallest absolute Gasteiger partial charge is 0.267 e. The van der Waals surface area contributed by atoms with E-state index in [1.165, 1.54) is 0 Å². The van der Waals surface area contributed by atoms with Gasteiger partial charge in [0.1, 0.15) is 5.75 Å². The summed E-state index contributed by atoms with van der Waals surface area (Å²) in [6.07, 6.45) is 0.550. The van der Waals surface area contributed by atoms with Gasteiger partial charge in [-0.2, -0.15) is 8.42 Å². The second-order valence-electron chi connectivity index (χ2n) is 3.18. The van der Waals surface area contributed by atoms with Gasteiger partial charge in [0.25, 0.3) is 10.1 Å². The maximum atomic E-state index is 11.0. The number of benzene rings is 1. The van der Waals surface area contributed by atoms with Gasteiger partial charge in [-0.15, -0.1) is 0 Å². The fourth-order valence-electron chi connectivity index (χ4n) is 1.03. The molecule has 90 valence electrons. The molecule has 0 atom stereocenters. The summed E-state index contributed by atoms with van der Waals surface area (Å²) in [7, 11) is -3.32. The molecule has 0 spiro atoms. The molecule has 0 bridgehead atoms. The Hall–Kier alpha value is -1.07. The first-order valence-electron chi connectivity index (χ1n) is 5.19. The van der Waals surface area contributed by atoms with Crippen molar-refractivity contribution in [3.8, 4) is 5.75 Å². The van der Waals surface area contributed by atoms with Crippen molar-refractivity contribution >= 4 is 10.1 Å². The van der Waals surface area contributed by atoms with E-state index in [4.69, 9.17) is 8.92 Å². The molecule has 4 nitrogen and oxygen atoms in total. The third-order valence-corrected chi connectivity index (χ3v) is 3.15. The molecule has 0 unspecified atom stereocenters. The molecule has 0 amide bonds. The Labute approximate surface area is 96.3 Å². The highest BCUT2D eigenvalue weighted by Crippen LogP contribution is 2.08. The normalized spacial score (nSPS) is 11.3. The molecule has 0 fully saturated rings. The predicted octanol–water partition coefficient (Wildman–Crippen LogP) is 1.82. The molecular formula is C11H16O4S. The summed E-state index contributed by atoms with van der Waals surface area (Å²) in [5.41, 5.74) is 0. The van der Waals surface area contributed by atoms with Gasteiger partial charge in [-0.25, -0.2) is 0 Å². The molecule has 0 aromatic heterocycles. The standard InChI is InChI=1S/C11H16O4S/c1-2-16(12,13)15-10-6-9-14-11-7-4-3-5-8-11/h3-5,7-8H,2,6,9-10H2,1H3. The van der Waals surface area contributed by atoms with Crippen molar-refractivity contribution in [2.24, 2.45) is 0 Å². The minimum atomic E-state index is -3.32. The predicted molar refractivity (Wildman–Crippen MR) is 62.0 cm³/mol. The molecule has 1 aromatic carbocycles. The number of ether oxygens (including phenoxy) is 1. The lowest BCUT2D eigenvalue weighted by molar-refractivity contribution is 0.251. The van der Waals surface area contributed by atoms with Crippen molar-refractivity contribution in [3.05, 3.63) is 30.3 Å². The third-order valence-electron chi connectivity index (χ3n) is 1.92. The van der Waals surface area contributed by atoms with Crippen molar-refractivity contribution in [2.75, 3.05) is 19.0 Å². The van der Waals surface area contributed by atoms with Gasteiger partial charge in [-0.05, 0) is 19.1 Å². The summed E-state index contributed by atoms with van der Waals surface area (Å²) in [5.74, 6) is 0.785.